The summed E-state index contributed by atoms with van der Waals surface area (Å²) >= 11 is 0. The quantitative estimate of drug-likeness (QED) is 0.336. The van der Waals surface area contributed by atoms with Crippen LogP contribution in [0.3, 0.4) is 0 Å². The summed E-state index contributed by atoms with van der Waals surface area (Å²) in [4.78, 5) is 27.4. The molecule has 36 heavy (non-hydrogen) atoms. The van der Waals surface area contributed by atoms with Gasteiger partial charge in [0, 0.05) is 24.6 Å². The monoisotopic (exact) mass is 501 g/mol. The number of carbonyl (C=O) groups is 2. The molecular formula is C30H35NO4Si. The van der Waals surface area contributed by atoms with E-state index in [4.69, 9.17) is 9.16 Å². The minimum absolute atomic E-state index is 0.0144. The lowest BCUT2D eigenvalue weighted by molar-refractivity contribution is 0.0911. The zero-order chi connectivity index (χ0) is 25.8. The fraction of sp³-hybridized carbons (Fsp3) is 0.333. The maximum Gasteiger partial charge on any atom is 0.409 e. The Labute approximate surface area is 215 Å². The first-order valence-corrected chi connectivity index (χ1v) is 14.4. The molecule has 1 aliphatic heterocycles. The molecule has 3 aromatic rings. The summed E-state index contributed by atoms with van der Waals surface area (Å²) in [5, 5.41) is 2.21. The molecule has 1 amide bonds. The van der Waals surface area contributed by atoms with Gasteiger partial charge in [-0.15, -0.1) is 0 Å². The van der Waals surface area contributed by atoms with E-state index < -0.39 is 14.4 Å². The Morgan fingerprint density at radius 3 is 1.83 bits per heavy atom. The first-order chi connectivity index (χ1) is 17.3. The minimum Gasteiger partial charge on any atom is -0.453 e. The van der Waals surface area contributed by atoms with Crippen LogP contribution in [0.4, 0.5) is 4.79 Å². The van der Waals surface area contributed by atoms with Gasteiger partial charge in [-0.25, -0.2) is 4.79 Å². The highest BCUT2D eigenvalue weighted by Gasteiger charge is 2.53. The molecule has 0 aromatic heterocycles. The summed E-state index contributed by atoms with van der Waals surface area (Å²) in [7, 11) is -1.40. The van der Waals surface area contributed by atoms with Gasteiger partial charge in [-0.05, 0) is 21.8 Å². The average Bonchev–Trinajstić information content (AvgIpc) is 3.29. The number of nitrogens with zero attached hydrogens (tertiary/aromatic N) is 1. The lowest BCUT2D eigenvalue weighted by Gasteiger charge is -2.44. The number of methoxy groups -OCH3 is 1. The normalized spacial score (nSPS) is 18.2. The SMILES string of the molecule is COC(=O)N1C[C@H](O[Si](c2ccccc2)(c2ccccc2)C(C)(C)C)C[C@@H]1CC(=O)c1ccccc1. The summed E-state index contributed by atoms with van der Waals surface area (Å²) in [6.45, 7) is 7.11. The second-order valence-corrected chi connectivity index (χ2v) is 14.7. The Kier molecular flexibility index (Phi) is 7.76. The van der Waals surface area contributed by atoms with E-state index in [1.807, 2.05) is 42.5 Å². The predicted molar refractivity (Wildman–Crippen MR) is 145 cm³/mol. The molecule has 0 unspecified atom stereocenters. The van der Waals surface area contributed by atoms with E-state index in [1.165, 1.54) is 17.5 Å². The third-order valence-corrected chi connectivity index (χ3v) is 12.2. The predicted octanol–water partition coefficient (Wildman–Crippen LogP) is 5.05. The lowest BCUT2D eigenvalue weighted by atomic mass is 10.0. The minimum atomic E-state index is -2.79. The standard InChI is InChI=1S/C30H35NO4Si/c1-30(2,3)36(26-16-10-6-11-17-26,27-18-12-7-13-19-27)35-25-20-24(31(22-25)29(33)34-4)21-28(32)23-14-8-5-9-15-23/h5-19,24-25H,20-22H2,1-4H3/t24-,25-/m1/s1. The number of benzene rings is 3. The average molecular weight is 502 g/mol. The number of carbonyl (C=O) groups excluding carboxylic acids is 2. The van der Waals surface area contributed by atoms with Crippen molar-refractivity contribution in [3.8, 4) is 0 Å². The summed E-state index contributed by atoms with van der Waals surface area (Å²) in [6.07, 6.45) is 0.177. The Bertz CT molecular complexity index is 1120. The lowest BCUT2D eigenvalue weighted by Crippen LogP contribution is -2.67. The molecule has 188 valence electrons. The molecule has 5 nitrogen and oxygen atoms in total. The van der Waals surface area contributed by atoms with Crippen LogP contribution in [0.5, 0.6) is 0 Å². The number of rotatable bonds is 7. The second-order valence-electron chi connectivity index (χ2n) is 10.4. The molecule has 0 spiro atoms. The van der Waals surface area contributed by atoms with Crippen molar-refractivity contribution in [3.63, 3.8) is 0 Å². The topological polar surface area (TPSA) is 55.8 Å². The zero-order valence-corrected chi connectivity index (χ0v) is 22.5. The number of likely N-dealkylation sites (tertiary alicyclic amines) is 1. The molecule has 0 bridgehead atoms. The first kappa shape index (κ1) is 25.9. The van der Waals surface area contributed by atoms with Crippen LogP contribution < -0.4 is 10.4 Å². The first-order valence-electron chi connectivity index (χ1n) is 12.5. The number of hydrogen-bond donors (Lipinski definition) is 0. The van der Waals surface area contributed by atoms with E-state index in [0.29, 0.717) is 18.5 Å². The van der Waals surface area contributed by atoms with Crippen LogP contribution in [0.15, 0.2) is 91.0 Å². The Morgan fingerprint density at radius 2 is 1.36 bits per heavy atom. The molecule has 1 aliphatic rings. The van der Waals surface area contributed by atoms with Crippen molar-refractivity contribution >= 4 is 30.6 Å². The van der Waals surface area contributed by atoms with Gasteiger partial charge < -0.3 is 14.1 Å². The van der Waals surface area contributed by atoms with Crippen molar-refractivity contribution in [1.29, 1.82) is 0 Å². The zero-order valence-electron chi connectivity index (χ0n) is 21.5. The van der Waals surface area contributed by atoms with Crippen LogP contribution in [0.1, 0.15) is 44.0 Å². The van der Waals surface area contributed by atoms with Gasteiger partial charge in [0.25, 0.3) is 8.32 Å². The maximum atomic E-state index is 13.0. The van der Waals surface area contributed by atoms with Crippen LogP contribution in [0.25, 0.3) is 0 Å². The molecule has 1 heterocycles. The van der Waals surface area contributed by atoms with E-state index in [0.717, 1.165) is 0 Å². The van der Waals surface area contributed by atoms with Gasteiger partial charge in [0.1, 0.15) is 0 Å². The molecule has 0 aliphatic carbocycles. The van der Waals surface area contributed by atoms with Crippen molar-refractivity contribution in [2.75, 3.05) is 13.7 Å². The fourth-order valence-corrected chi connectivity index (χ4v) is 10.1. The molecule has 1 fully saturated rings. The molecule has 1 saturated heterocycles. The highest BCUT2D eigenvalue weighted by molar-refractivity contribution is 6.99. The van der Waals surface area contributed by atoms with Gasteiger partial charge in [-0.3, -0.25) is 4.79 Å². The molecule has 4 rings (SSSR count). The van der Waals surface area contributed by atoms with Gasteiger partial charge in [-0.2, -0.15) is 0 Å². The van der Waals surface area contributed by atoms with E-state index in [2.05, 4.69) is 69.3 Å². The van der Waals surface area contributed by atoms with Gasteiger partial charge in [-0.1, -0.05) is 112 Å². The molecule has 6 heteroatoms. The van der Waals surface area contributed by atoms with E-state index in [9.17, 15) is 9.59 Å². The second kappa shape index (κ2) is 10.8. The highest BCUT2D eigenvalue weighted by Crippen LogP contribution is 2.39. The molecule has 0 N–H and O–H groups in total. The Balaban J connectivity index is 1.69. The Morgan fingerprint density at radius 1 is 0.861 bits per heavy atom. The van der Waals surface area contributed by atoms with Crippen LogP contribution in [0.2, 0.25) is 5.04 Å². The van der Waals surface area contributed by atoms with Gasteiger partial charge in [0.15, 0.2) is 5.78 Å². The molecule has 3 aromatic carbocycles. The van der Waals surface area contributed by atoms with E-state index in [-0.39, 0.29) is 29.4 Å². The molecular weight excluding hydrogens is 466 g/mol. The number of hydrogen-bond acceptors (Lipinski definition) is 4. The van der Waals surface area contributed by atoms with Gasteiger partial charge >= 0.3 is 6.09 Å². The molecule has 0 saturated carbocycles. The summed E-state index contributed by atoms with van der Waals surface area (Å²) in [6, 6.07) is 29.9. The van der Waals surface area contributed by atoms with Crippen LogP contribution in [0, 0.1) is 0 Å². The van der Waals surface area contributed by atoms with Crippen LogP contribution >= 0.6 is 0 Å². The Hall–Kier alpha value is -3.22. The van der Waals surface area contributed by atoms with E-state index >= 15 is 0 Å². The van der Waals surface area contributed by atoms with Crippen molar-refractivity contribution in [2.45, 2.75) is 50.8 Å². The summed E-state index contributed by atoms with van der Waals surface area (Å²) in [5.74, 6) is 0.0144. The smallest absolute Gasteiger partial charge is 0.409 e. The number of ketones is 1. The molecule has 0 radical (unpaired) electrons. The largest absolute Gasteiger partial charge is 0.453 e. The van der Waals surface area contributed by atoms with Gasteiger partial charge in [0.2, 0.25) is 0 Å². The van der Waals surface area contributed by atoms with Crippen LogP contribution in [-0.4, -0.2) is 50.9 Å². The van der Waals surface area contributed by atoms with Gasteiger partial charge in [0.05, 0.1) is 13.2 Å². The number of Topliss-reactive ketones (excluding diaryl/α,β-unsaturated/α-hetero) is 1. The summed E-state index contributed by atoms with van der Waals surface area (Å²) in [5.41, 5.74) is 0.652. The number of ether oxygens (including phenoxy) is 1. The van der Waals surface area contributed by atoms with Crippen molar-refractivity contribution in [1.82, 2.24) is 4.90 Å². The third kappa shape index (κ3) is 5.15. The van der Waals surface area contributed by atoms with E-state index in [1.54, 1.807) is 4.90 Å². The van der Waals surface area contributed by atoms with Crippen molar-refractivity contribution < 1.29 is 18.8 Å². The maximum absolute atomic E-state index is 13.0. The fourth-order valence-electron chi connectivity index (χ4n) is 5.39. The van der Waals surface area contributed by atoms with Crippen molar-refractivity contribution in [2.24, 2.45) is 0 Å². The summed E-state index contributed by atoms with van der Waals surface area (Å²) < 4.78 is 12.4. The highest BCUT2D eigenvalue weighted by atomic mass is 28.4. The third-order valence-electron chi connectivity index (χ3n) is 7.06. The van der Waals surface area contributed by atoms with Crippen LogP contribution in [-0.2, 0) is 9.16 Å². The number of amides is 1. The molecule has 2 atom stereocenters. The van der Waals surface area contributed by atoms with Crippen molar-refractivity contribution in [3.05, 3.63) is 96.6 Å².